The van der Waals surface area contributed by atoms with Crippen LogP contribution in [0.25, 0.3) is 0 Å². The van der Waals surface area contributed by atoms with Crippen LogP contribution in [-0.4, -0.2) is 11.0 Å². The number of rotatable bonds is 3. The van der Waals surface area contributed by atoms with Crippen molar-refractivity contribution in [3.8, 4) is 0 Å². The number of hydrogen-bond donors (Lipinski definition) is 1. The van der Waals surface area contributed by atoms with Gasteiger partial charge in [0.15, 0.2) is 0 Å². The van der Waals surface area contributed by atoms with Crippen LogP contribution in [0.5, 0.6) is 0 Å². The molecule has 0 aromatic heterocycles. The summed E-state index contributed by atoms with van der Waals surface area (Å²) in [5, 5.41) is 0.670. The highest BCUT2D eigenvalue weighted by atomic mass is 32.2. The Morgan fingerprint density at radius 3 is 2.89 bits per heavy atom. The molecule has 0 spiro atoms. The molecule has 1 heterocycles. The van der Waals surface area contributed by atoms with E-state index in [4.69, 9.17) is 5.73 Å². The Morgan fingerprint density at radius 2 is 2.11 bits per heavy atom. The summed E-state index contributed by atoms with van der Waals surface area (Å²) in [5.74, 6) is 1.12. The van der Waals surface area contributed by atoms with Crippen LogP contribution in [0.15, 0.2) is 52.3 Å². The largest absolute Gasteiger partial charge is 0.398 e. The quantitative estimate of drug-likeness (QED) is 0.670. The third kappa shape index (κ3) is 2.93. The van der Waals surface area contributed by atoms with Crippen LogP contribution in [0, 0.1) is 6.92 Å². The van der Waals surface area contributed by atoms with E-state index in [1.54, 1.807) is 0 Å². The van der Waals surface area contributed by atoms with Crippen molar-refractivity contribution in [1.29, 1.82) is 0 Å². The Hall–Kier alpha value is -1.06. The van der Waals surface area contributed by atoms with Crippen molar-refractivity contribution < 1.29 is 0 Å². The second-order valence-corrected chi connectivity index (χ2v) is 7.31. The molecular formula is C16H17NS2. The summed E-state index contributed by atoms with van der Waals surface area (Å²) in [6.07, 6.45) is 1.18. The first kappa shape index (κ1) is 12.9. The lowest BCUT2D eigenvalue weighted by atomic mass is 10.1. The van der Waals surface area contributed by atoms with Crippen molar-refractivity contribution in [2.24, 2.45) is 0 Å². The molecule has 1 aliphatic heterocycles. The molecule has 0 aliphatic carbocycles. The first-order valence-electron chi connectivity index (χ1n) is 6.46. The summed E-state index contributed by atoms with van der Waals surface area (Å²) in [5.41, 5.74) is 9.69. The van der Waals surface area contributed by atoms with Gasteiger partial charge in [0.1, 0.15) is 0 Å². The molecule has 3 heteroatoms. The lowest BCUT2D eigenvalue weighted by molar-refractivity contribution is 0.970. The van der Waals surface area contributed by atoms with Gasteiger partial charge in [-0.2, -0.15) is 0 Å². The molecule has 0 fully saturated rings. The summed E-state index contributed by atoms with van der Waals surface area (Å²) in [4.78, 5) is 2.66. The molecule has 0 saturated carbocycles. The first-order valence-corrected chi connectivity index (χ1v) is 8.32. The van der Waals surface area contributed by atoms with E-state index in [1.807, 2.05) is 23.5 Å². The highest BCUT2D eigenvalue weighted by Crippen LogP contribution is 2.39. The summed E-state index contributed by atoms with van der Waals surface area (Å²) < 4.78 is 0. The molecule has 1 nitrogen and oxygen atoms in total. The van der Waals surface area contributed by atoms with Gasteiger partial charge in [-0.3, -0.25) is 0 Å². The van der Waals surface area contributed by atoms with Crippen LogP contribution >= 0.6 is 23.5 Å². The highest BCUT2D eigenvalue weighted by Gasteiger charge is 2.21. The van der Waals surface area contributed by atoms with E-state index in [0.29, 0.717) is 5.25 Å². The van der Waals surface area contributed by atoms with Crippen molar-refractivity contribution >= 4 is 29.2 Å². The molecule has 0 radical (unpaired) electrons. The number of anilines is 1. The van der Waals surface area contributed by atoms with Crippen LogP contribution in [0.3, 0.4) is 0 Å². The van der Waals surface area contributed by atoms with Crippen LogP contribution in [-0.2, 0) is 6.42 Å². The van der Waals surface area contributed by atoms with Crippen LogP contribution in [0.1, 0.15) is 11.1 Å². The van der Waals surface area contributed by atoms with Crippen molar-refractivity contribution in [3.63, 3.8) is 0 Å². The summed E-state index contributed by atoms with van der Waals surface area (Å²) in [6.45, 7) is 2.08. The minimum atomic E-state index is 0.670. The normalized spacial score (nSPS) is 17.4. The molecule has 0 saturated heterocycles. The van der Waals surface area contributed by atoms with Gasteiger partial charge in [0.25, 0.3) is 0 Å². The zero-order valence-corrected chi connectivity index (χ0v) is 12.6. The van der Waals surface area contributed by atoms with Gasteiger partial charge in [0, 0.05) is 26.5 Å². The van der Waals surface area contributed by atoms with E-state index >= 15 is 0 Å². The third-order valence-electron chi connectivity index (χ3n) is 3.30. The number of aryl methyl sites for hydroxylation is 1. The SMILES string of the molecule is Cc1ccc(SCC2Cc3ccccc3S2)c(N)c1. The Kier molecular flexibility index (Phi) is 3.76. The molecule has 0 amide bonds. The zero-order chi connectivity index (χ0) is 13.2. The van der Waals surface area contributed by atoms with Gasteiger partial charge in [0.2, 0.25) is 0 Å². The standard InChI is InChI=1S/C16H17NS2/c1-11-6-7-16(14(17)8-11)18-10-13-9-12-4-2-3-5-15(12)19-13/h2-8,13H,9-10,17H2,1H3. The Labute approximate surface area is 123 Å². The zero-order valence-electron chi connectivity index (χ0n) is 10.9. The molecule has 19 heavy (non-hydrogen) atoms. The third-order valence-corrected chi connectivity index (χ3v) is 6.09. The topological polar surface area (TPSA) is 26.0 Å². The van der Waals surface area contributed by atoms with Crippen LogP contribution < -0.4 is 5.73 Å². The molecule has 1 unspecified atom stereocenters. The van der Waals surface area contributed by atoms with Crippen molar-refractivity contribution in [3.05, 3.63) is 53.6 Å². The second kappa shape index (κ2) is 5.51. The fraction of sp³-hybridized carbons (Fsp3) is 0.250. The van der Waals surface area contributed by atoms with E-state index in [1.165, 1.54) is 27.3 Å². The van der Waals surface area contributed by atoms with Gasteiger partial charge in [-0.1, -0.05) is 24.3 Å². The van der Waals surface area contributed by atoms with Gasteiger partial charge >= 0.3 is 0 Å². The maximum Gasteiger partial charge on any atom is 0.0454 e. The minimum Gasteiger partial charge on any atom is -0.398 e. The first-order chi connectivity index (χ1) is 9.22. The molecule has 2 aromatic carbocycles. The number of nitrogen functional groups attached to an aromatic ring is 1. The Bertz CT molecular complexity index is 570. The average Bonchev–Trinajstić information content (AvgIpc) is 2.80. The summed E-state index contributed by atoms with van der Waals surface area (Å²) in [6, 6.07) is 15.1. The van der Waals surface area contributed by atoms with Gasteiger partial charge in [-0.05, 0) is 42.7 Å². The Balaban J connectivity index is 1.63. The highest BCUT2D eigenvalue weighted by molar-refractivity contribution is 8.03. The molecule has 1 aliphatic rings. The van der Waals surface area contributed by atoms with Gasteiger partial charge in [-0.25, -0.2) is 0 Å². The molecular weight excluding hydrogens is 270 g/mol. The monoisotopic (exact) mass is 287 g/mol. The van der Waals surface area contributed by atoms with E-state index in [2.05, 4.69) is 49.4 Å². The summed E-state index contributed by atoms with van der Waals surface area (Å²) >= 11 is 3.88. The van der Waals surface area contributed by atoms with E-state index in [-0.39, 0.29) is 0 Å². The van der Waals surface area contributed by atoms with Gasteiger partial charge in [-0.15, -0.1) is 23.5 Å². The average molecular weight is 287 g/mol. The molecule has 2 aromatic rings. The van der Waals surface area contributed by atoms with E-state index in [0.717, 1.165) is 11.4 Å². The van der Waals surface area contributed by atoms with Crippen molar-refractivity contribution in [2.75, 3.05) is 11.5 Å². The lowest BCUT2D eigenvalue weighted by Crippen LogP contribution is -2.04. The van der Waals surface area contributed by atoms with Crippen molar-refractivity contribution in [2.45, 2.75) is 28.4 Å². The maximum atomic E-state index is 6.06. The molecule has 98 valence electrons. The van der Waals surface area contributed by atoms with Crippen molar-refractivity contribution in [1.82, 2.24) is 0 Å². The molecule has 0 bridgehead atoms. The predicted octanol–water partition coefficient (Wildman–Crippen LogP) is 4.39. The van der Waals surface area contributed by atoms with Crippen LogP contribution in [0.2, 0.25) is 0 Å². The van der Waals surface area contributed by atoms with Gasteiger partial charge in [0.05, 0.1) is 0 Å². The number of benzene rings is 2. The number of nitrogens with two attached hydrogens (primary N) is 1. The van der Waals surface area contributed by atoms with E-state index < -0.39 is 0 Å². The van der Waals surface area contributed by atoms with Gasteiger partial charge < -0.3 is 5.73 Å². The number of hydrogen-bond acceptors (Lipinski definition) is 3. The van der Waals surface area contributed by atoms with Crippen LogP contribution in [0.4, 0.5) is 5.69 Å². The number of thioether (sulfide) groups is 2. The summed E-state index contributed by atoms with van der Waals surface area (Å²) in [7, 11) is 0. The fourth-order valence-corrected chi connectivity index (χ4v) is 4.76. The minimum absolute atomic E-state index is 0.670. The molecule has 3 rings (SSSR count). The second-order valence-electron chi connectivity index (χ2n) is 4.90. The molecule has 2 N–H and O–H groups in total. The predicted molar refractivity (Wildman–Crippen MR) is 86.1 cm³/mol. The van der Waals surface area contributed by atoms with E-state index in [9.17, 15) is 0 Å². The Morgan fingerprint density at radius 1 is 1.26 bits per heavy atom. The fourth-order valence-electron chi connectivity index (χ4n) is 2.33. The maximum absolute atomic E-state index is 6.06. The lowest BCUT2D eigenvalue weighted by Gasteiger charge is -2.10. The number of fused-ring (bicyclic) bond motifs is 1. The smallest absolute Gasteiger partial charge is 0.0454 e. The molecule has 1 atom stereocenters.